The van der Waals surface area contributed by atoms with E-state index in [0.717, 1.165) is 18.2 Å². The Bertz CT molecular complexity index is 891. The van der Waals surface area contributed by atoms with Gasteiger partial charge >= 0.3 is 6.03 Å². The van der Waals surface area contributed by atoms with Crippen molar-refractivity contribution in [3.63, 3.8) is 0 Å². The molecule has 1 saturated heterocycles. The third kappa shape index (κ3) is 3.10. The maximum absolute atomic E-state index is 13.6. The molecule has 1 aliphatic heterocycles. The van der Waals surface area contributed by atoms with Crippen molar-refractivity contribution in [2.45, 2.75) is 12.5 Å². The Kier molecular flexibility index (Phi) is 4.37. The fraction of sp³-hybridized carbons (Fsp3) is 0.176. The normalized spacial score (nSPS) is 19.4. The highest BCUT2D eigenvalue weighted by atomic mass is 19.1. The predicted octanol–water partition coefficient (Wildman–Crippen LogP) is 1.77. The molecule has 0 spiro atoms. The molecule has 0 bridgehead atoms. The smallest absolute Gasteiger partial charge is 0.322 e. The molecule has 1 atom stereocenters. The number of benzene rings is 1. The van der Waals surface area contributed by atoms with E-state index in [1.165, 1.54) is 13.1 Å². The number of nitrogens with zero attached hydrogens (tertiary/aromatic N) is 2. The minimum Gasteiger partial charge on any atom is -0.322 e. The van der Waals surface area contributed by atoms with Crippen LogP contribution in [-0.2, 0) is 15.1 Å². The van der Waals surface area contributed by atoms with Crippen LogP contribution in [0.1, 0.15) is 12.6 Å². The van der Waals surface area contributed by atoms with E-state index in [-0.39, 0.29) is 5.69 Å². The lowest BCUT2D eigenvalue weighted by molar-refractivity contribution is -0.133. The number of carbonyl (C=O) groups is 3. The Hall–Kier alpha value is -3.36. The number of imide groups is 1. The van der Waals surface area contributed by atoms with Gasteiger partial charge in [-0.05, 0) is 31.2 Å². The fourth-order valence-corrected chi connectivity index (χ4v) is 2.60. The molecule has 3 rings (SSSR count). The Morgan fingerprint density at radius 3 is 2.73 bits per heavy atom. The van der Waals surface area contributed by atoms with E-state index in [1.54, 1.807) is 18.2 Å². The van der Waals surface area contributed by atoms with Gasteiger partial charge in [-0.25, -0.2) is 13.6 Å². The van der Waals surface area contributed by atoms with Crippen molar-refractivity contribution >= 4 is 23.5 Å². The molecule has 0 radical (unpaired) electrons. The lowest BCUT2D eigenvalue weighted by Crippen LogP contribution is -2.42. The summed E-state index contributed by atoms with van der Waals surface area (Å²) in [6, 6.07) is 6.68. The number of amides is 4. The molecular weight excluding hydrogens is 346 g/mol. The zero-order chi connectivity index (χ0) is 18.9. The van der Waals surface area contributed by atoms with Gasteiger partial charge in [-0.1, -0.05) is 6.07 Å². The topological polar surface area (TPSA) is 91.4 Å². The van der Waals surface area contributed by atoms with Gasteiger partial charge in [-0.3, -0.25) is 19.5 Å². The number of pyridine rings is 1. The predicted molar refractivity (Wildman–Crippen MR) is 86.8 cm³/mol. The Labute approximate surface area is 147 Å². The molecule has 4 amide bonds. The van der Waals surface area contributed by atoms with E-state index in [1.807, 2.05) is 0 Å². The van der Waals surface area contributed by atoms with Gasteiger partial charge in [-0.2, -0.15) is 0 Å². The molecule has 7 nitrogen and oxygen atoms in total. The molecule has 1 fully saturated rings. The minimum atomic E-state index is -1.41. The van der Waals surface area contributed by atoms with Crippen LogP contribution >= 0.6 is 0 Å². The number of halogens is 2. The Morgan fingerprint density at radius 2 is 2.04 bits per heavy atom. The summed E-state index contributed by atoms with van der Waals surface area (Å²) in [5.41, 5.74) is -1.48. The molecule has 134 valence electrons. The second-order valence-electron chi connectivity index (χ2n) is 5.83. The van der Waals surface area contributed by atoms with Crippen LogP contribution in [-0.4, -0.2) is 34.3 Å². The second-order valence-corrected chi connectivity index (χ2v) is 5.83. The average Bonchev–Trinajstić information content (AvgIpc) is 2.83. The van der Waals surface area contributed by atoms with Crippen LogP contribution in [0.5, 0.6) is 0 Å². The summed E-state index contributed by atoms with van der Waals surface area (Å²) in [6.07, 6.45) is 1.47. The summed E-state index contributed by atoms with van der Waals surface area (Å²) in [4.78, 5) is 41.6. The van der Waals surface area contributed by atoms with Crippen LogP contribution in [0.25, 0.3) is 0 Å². The van der Waals surface area contributed by atoms with Gasteiger partial charge in [0.2, 0.25) is 5.91 Å². The number of nitrogens with one attached hydrogen (secondary N) is 2. The van der Waals surface area contributed by atoms with Crippen molar-refractivity contribution < 1.29 is 23.2 Å². The van der Waals surface area contributed by atoms with Crippen LogP contribution in [0.3, 0.4) is 0 Å². The highest BCUT2D eigenvalue weighted by Gasteiger charge is 2.50. The van der Waals surface area contributed by atoms with Gasteiger partial charge < -0.3 is 10.6 Å². The molecule has 1 aliphatic rings. The largest absolute Gasteiger partial charge is 0.325 e. The number of hydrogen-bond acceptors (Lipinski definition) is 4. The van der Waals surface area contributed by atoms with E-state index in [4.69, 9.17) is 0 Å². The number of aromatic nitrogens is 1. The van der Waals surface area contributed by atoms with Crippen LogP contribution in [0.15, 0.2) is 42.6 Å². The summed E-state index contributed by atoms with van der Waals surface area (Å²) in [5, 5.41) is 4.64. The van der Waals surface area contributed by atoms with Gasteiger partial charge in [0.1, 0.15) is 18.2 Å². The van der Waals surface area contributed by atoms with E-state index >= 15 is 0 Å². The SMILES string of the molecule is CC1(c2ccccn2)NC(=O)N(CC(=O)Nc2cc(F)ccc2F)C1=O. The summed E-state index contributed by atoms with van der Waals surface area (Å²) in [6.45, 7) is 0.822. The van der Waals surface area contributed by atoms with Crippen molar-refractivity contribution in [1.82, 2.24) is 15.2 Å². The highest BCUT2D eigenvalue weighted by Crippen LogP contribution is 2.27. The number of urea groups is 1. The van der Waals surface area contributed by atoms with Crippen molar-refractivity contribution in [3.8, 4) is 0 Å². The average molecular weight is 360 g/mol. The van der Waals surface area contributed by atoms with Crippen molar-refractivity contribution in [3.05, 3.63) is 59.9 Å². The van der Waals surface area contributed by atoms with Gasteiger partial charge in [0.05, 0.1) is 11.4 Å². The van der Waals surface area contributed by atoms with Gasteiger partial charge in [0.25, 0.3) is 5.91 Å². The maximum Gasteiger partial charge on any atom is 0.325 e. The third-order valence-corrected chi connectivity index (χ3v) is 3.96. The third-order valence-electron chi connectivity index (χ3n) is 3.96. The van der Waals surface area contributed by atoms with Crippen molar-refractivity contribution in [1.29, 1.82) is 0 Å². The summed E-state index contributed by atoms with van der Waals surface area (Å²) >= 11 is 0. The van der Waals surface area contributed by atoms with Crippen molar-refractivity contribution in [2.24, 2.45) is 0 Å². The van der Waals surface area contributed by atoms with E-state index < -0.39 is 41.6 Å². The van der Waals surface area contributed by atoms with E-state index in [0.29, 0.717) is 10.6 Å². The molecule has 2 N–H and O–H groups in total. The molecule has 2 heterocycles. The zero-order valence-corrected chi connectivity index (χ0v) is 13.6. The lowest BCUT2D eigenvalue weighted by atomic mass is 9.97. The van der Waals surface area contributed by atoms with Crippen molar-refractivity contribution in [2.75, 3.05) is 11.9 Å². The zero-order valence-electron chi connectivity index (χ0n) is 13.6. The number of anilines is 1. The molecule has 2 aromatic rings. The quantitative estimate of drug-likeness (QED) is 0.813. The maximum atomic E-state index is 13.6. The first-order chi connectivity index (χ1) is 12.3. The summed E-state index contributed by atoms with van der Waals surface area (Å²) < 4.78 is 26.8. The highest BCUT2D eigenvalue weighted by molar-refractivity contribution is 6.10. The number of rotatable bonds is 4. The molecule has 0 saturated carbocycles. The van der Waals surface area contributed by atoms with Crippen LogP contribution in [0, 0.1) is 11.6 Å². The van der Waals surface area contributed by atoms with Crippen LogP contribution < -0.4 is 10.6 Å². The van der Waals surface area contributed by atoms with Crippen LogP contribution in [0.4, 0.5) is 19.3 Å². The molecular formula is C17H14F2N4O3. The number of carbonyl (C=O) groups excluding carboxylic acids is 3. The first-order valence-corrected chi connectivity index (χ1v) is 7.62. The van der Waals surface area contributed by atoms with Crippen LogP contribution in [0.2, 0.25) is 0 Å². The summed E-state index contributed by atoms with van der Waals surface area (Å²) in [5.74, 6) is -3.09. The minimum absolute atomic E-state index is 0.317. The van der Waals surface area contributed by atoms with E-state index in [2.05, 4.69) is 15.6 Å². The first kappa shape index (κ1) is 17.5. The molecule has 1 aromatic carbocycles. The van der Waals surface area contributed by atoms with E-state index in [9.17, 15) is 23.2 Å². The monoisotopic (exact) mass is 360 g/mol. The number of hydrogen-bond donors (Lipinski definition) is 2. The summed E-state index contributed by atoms with van der Waals surface area (Å²) in [7, 11) is 0. The fourth-order valence-electron chi connectivity index (χ4n) is 2.60. The molecule has 0 aliphatic carbocycles. The first-order valence-electron chi connectivity index (χ1n) is 7.62. The van der Waals surface area contributed by atoms with Gasteiger partial charge in [-0.15, -0.1) is 0 Å². The standard InChI is InChI=1S/C17H14F2N4O3/c1-17(13-4-2-3-7-20-13)15(25)23(16(26)22-17)9-14(24)21-12-8-10(18)5-6-11(12)19/h2-8H,9H2,1H3,(H,21,24)(H,22,26). The Morgan fingerprint density at radius 1 is 1.27 bits per heavy atom. The molecule has 1 aromatic heterocycles. The van der Waals surface area contributed by atoms with Gasteiger partial charge in [0, 0.05) is 12.3 Å². The molecule has 1 unspecified atom stereocenters. The Balaban J connectivity index is 1.76. The second kappa shape index (κ2) is 6.51. The van der Waals surface area contributed by atoms with Gasteiger partial charge in [0.15, 0.2) is 5.54 Å². The lowest BCUT2D eigenvalue weighted by Gasteiger charge is -2.20. The molecule has 26 heavy (non-hydrogen) atoms. The molecule has 9 heteroatoms.